The number of aromatic nitrogens is 2. The lowest BCUT2D eigenvalue weighted by molar-refractivity contribution is -0.121. The maximum Gasteiger partial charge on any atom is 0.339 e. The van der Waals surface area contributed by atoms with Crippen molar-refractivity contribution >= 4 is 27.9 Å². The van der Waals surface area contributed by atoms with Crippen molar-refractivity contribution in [2.75, 3.05) is 7.11 Å². The van der Waals surface area contributed by atoms with E-state index in [0.29, 0.717) is 29.9 Å². The zero-order valence-electron chi connectivity index (χ0n) is 17.2. The number of rotatable bonds is 6. The van der Waals surface area contributed by atoms with Crippen LogP contribution in [0.4, 0.5) is 0 Å². The zero-order valence-corrected chi connectivity index (χ0v) is 17.2. The van der Waals surface area contributed by atoms with Crippen LogP contribution < -0.4 is 15.7 Å². The molecule has 7 heteroatoms. The number of fused-ring (bicyclic) bond motifs is 2. The van der Waals surface area contributed by atoms with E-state index in [-0.39, 0.29) is 12.3 Å². The third kappa shape index (κ3) is 3.66. The summed E-state index contributed by atoms with van der Waals surface area (Å²) in [5.41, 5.74) is 3.31. The smallest absolute Gasteiger partial charge is 0.339 e. The van der Waals surface area contributed by atoms with Gasteiger partial charge in [-0.1, -0.05) is 12.1 Å². The third-order valence-corrected chi connectivity index (χ3v) is 5.42. The molecule has 1 amide bonds. The van der Waals surface area contributed by atoms with E-state index in [4.69, 9.17) is 9.15 Å². The normalized spacial score (nSPS) is 11.2. The van der Waals surface area contributed by atoms with Gasteiger partial charge in [-0.15, -0.1) is 0 Å². The van der Waals surface area contributed by atoms with Crippen LogP contribution in [-0.4, -0.2) is 22.6 Å². The molecule has 0 saturated carbocycles. The number of benzene rings is 2. The van der Waals surface area contributed by atoms with E-state index < -0.39 is 5.63 Å². The zero-order chi connectivity index (χ0) is 21.3. The van der Waals surface area contributed by atoms with Gasteiger partial charge in [0, 0.05) is 30.5 Å². The molecule has 0 aliphatic rings. The molecule has 0 spiro atoms. The first-order valence-corrected chi connectivity index (χ1v) is 9.75. The number of carbonyl (C=O) groups is 1. The summed E-state index contributed by atoms with van der Waals surface area (Å²) in [5.74, 6) is 1.26. The van der Waals surface area contributed by atoms with Crippen molar-refractivity contribution in [1.29, 1.82) is 0 Å². The number of nitrogens with zero attached hydrogens (tertiary/aromatic N) is 2. The Morgan fingerprint density at radius 2 is 2.03 bits per heavy atom. The Morgan fingerprint density at radius 1 is 1.23 bits per heavy atom. The topological polar surface area (TPSA) is 86.4 Å². The number of amides is 1. The SMILES string of the molecule is COc1ccc2c(C)c(CCC(=O)NCc3nc4ccccc4n3C)c(=O)oc2c1. The summed E-state index contributed by atoms with van der Waals surface area (Å²) in [5, 5.41) is 3.73. The van der Waals surface area contributed by atoms with Gasteiger partial charge in [-0.05, 0) is 43.2 Å². The summed E-state index contributed by atoms with van der Waals surface area (Å²) in [6.07, 6.45) is 0.502. The van der Waals surface area contributed by atoms with Crippen LogP contribution in [-0.2, 0) is 24.8 Å². The molecule has 0 aliphatic carbocycles. The van der Waals surface area contributed by atoms with Crippen LogP contribution in [0.25, 0.3) is 22.0 Å². The fourth-order valence-corrected chi connectivity index (χ4v) is 3.65. The quantitative estimate of drug-likeness (QED) is 0.498. The minimum absolute atomic E-state index is 0.143. The number of nitrogens with one attached hydrogen (secondary N) is 1. The Bertz CT molecular complexity index is 1300. The largest absolute Gasteiger partial charge is 0.497 e. The average Bonchev–Trinajstić information content (AvgIpc) is 3.07. The van der Waals surface area contributed by atoms with Gasteiger partial charge in [0.05, 0.1) is 24.7 Å². The third-order valence-electron chi connectivity index (χ3n) is 5.42. The van der Waals surface area contributed by atoms with Crippen LogP contribution >= 0.6 is 0 Å². The number of para-hydroxylation sites is 2. The summed E-state index contributed by atoms with van der Waals surface area (Å²) in [6.45, 7) is 2.20. The van der Waals surface area contributed by atoms with Crippen LogP contribution in [0.5, 0.6) is 5.75 Å². The predicted molar refractivity (Wildman–Crippen MR) is 115 cm³/mol. The second kappa shape index (κ2) is 8.02. The minimum Gasteiger partial charge on any atom is -0.497 e. The molecule has 2 aromatic carbocycles. The second-order valence-corrected chi connectivity index (χ2v) is 7.21. The molecular weight excluding hydrogens is 382 g/mol. The molecule has 0 unspecified atom stereocenters. The Balaban J connectivity index is 1.45. The van der Waals surface area contributed by atoms with E-state index in [9.17, 15) is 9.59 Å². The number of carbonyl (C=O) groups excluding carboxylic acids is 1. The Hall–Kier alpha value is -3.61. The predicted octanol–water partition coefficient (Wildman–Crippen LogP) is 3.25. The molecule has 154 valence electrons. The number of imidazole rings is 1. The maximum absolute atomic E-state index is 12.4. The number of hydrogen-bond acceptors (Lipinski definition) is 5. The van der Waals surface area contributed by atoms with E-state index in [0.717, 1.165) is 27.8 Å². The van der Waals surface area contributed by atoms with Gasteiger partial charge in [0.25, 0.3) is 0 Å². The van der Waals surface area contributed by atoms with Gasteiger partial charge >= 0.3 is 5.63 Å². The average molecular weight is 405 g/mol. The lowest BCUT2D eigenvalue weighted by atomic mass is 10.0. The molecule has 4 rings (SSSR count). The molecule has 2 heterocycles. The summed E-state index contributed by atoms with van der Waals surface area (Å²) in [7, 11) is 3.49. The van der Waals surface area contributed by atoms with Crippen LogP contribution in [0.2, 0.25) is 0 Å². The molecule has 0 fully saturated rings. The first-order valence-electron chi connectivity index (χ1n) is 9.75. The van der Waals surface area contributed by atoms with Crippen LogP contribution in [0.1, 0.15) is 23.4 Å². The van der Waals surface area contributed by atoms with Crippen molar-refractivity contribution in [2.24, 2.45) is 7.05 Å². The van der Waals surface area contributed by atoms with E-state index in [1.807, 2.05) is 54.9 Å². The van der Waals surface area contributed by atoms with Gasteiger partial charge in [0.2, 0.25) is 5.91 Å². The van der Waals surface area contributed by atoms with Gasteiger partial charge in [0.15, 0.2) is 0 Å². The molecule has 0 radical (unpaired) electrons. The molecule has 1 N–H and O–H groups in total. The Morgan fingerprint density at radius 3 is 2.80 bits per heavy atom. The van der Waals surface area contributed by atoms with Crippen molar-refractivity contribution in [2.45, 2.75) is 26.3 Å². The molecular formula is C23H23N3O4. The Labute approximate surface area is 173 Å². The van der Waals surface area contributed by atoms with Gasteiger partial charge in [-0.2, -0.15) is 0 Å². The molecule has 7 nitrogen and oxygen atoms in total. The van der Waals surface area contributed by atoms with Crippen molar-refractivity contribution in [3.63, 3.8) is 0 Å². The second-order valence-electron chi connectivity index (χ2n) is 7.21. The van der Waals surface area contributed by atoms with Crippen molar-refractivity contribution in [3.05, 3.63) is 69.8 Å². The molecule has 0 aliphatic heterocycles. The summed E-state index contributed by atoms with van der Waals surface area (Å²) < 4.78 is 12.6. The summed E-state index contributed by atoms with van der Waals surface area (Å²) in [4.78, 5) is 29.4. The monoisotopic (exact) mass is 405 g/mol. The first kappa shape index (κ1) is 19.7. The van der Waals surface area contributed by atoms with Gasteiger partial charge in [-0.25, -0.2) is 9.78 Å². The fraction of sp³-hybridized carbons (Fsp3) is 0.261. The summed E-state index contributed by atoms with van der Waals surface area (Å²) in [6, 6.07) is 13.2. The lowest BCUT2D eigenvalue weighted by Crippen LogP contribution is -2.25. The summed E-state index contributed by atoms with van der Waals surface area (Å²) >= 11 is 0. The molecule has 30 heavy (non-hydrogen) atoms. The highest BCUT2D eigenvalue weighted by molar-refractivity contribution is 5.83. The minimum atomic E-state index is -0.420. The highest BCUT2D eigenvalue weighted by Crippen LogP contribution is 2.24. The van der Waals surface area contributed by atoms with Gasteiger partial charge < -0.3 is 19.0 Å². The van der Waals surface area contributed by atoms with Crippen molar-refractivity contribution in [1.82, 2.24) is 14.9 Å². The highest BCUT2D eigenvalue weighted by Gasteiger charge is 2.14. The molecule has 0 atom stereocenters. The number of aryl methyl sites for hydroxylation is 2. The molecule has 0 bridgehead atoms. The molecule has 0 saturated heterocycles. The molecule has 4 aromatic rings. The number of methoxy groups -OCH3 is 1. The van der Waals surface area contributed by atoms with Crippen LogP contribution in [0, 0.1) is 6.92 Å². The lowest BCUT2D eigenvalue weighted by Gasteiger charge is -2.09. The standard InChI is InChI=1S/C23H23N3O4/c1-14-16-9-8-15(29-3)12-20(16)30-23(28)17(14)10-11-22(27)24-13-21-25-18-6-4-5-7-19(18)26(21)2/h4-9,12H,10-11,13H2,1-3H3,(H,24,27). The first-order chi connectivity index (χ1) is 14.5. The van der Waals surface area contributed by atoms with Crippen molar-refractivity contribution < 1.29 is 13.9 Å². The number of ether oxygens (including phenoxy) is 1. The number of hydrogen-bond donors (Lipinski definition) is 1. The van der Waals surface area contributed by atoms with E-state index in [1.165, 1.54) is 0 Å². The van der Waals surface area contributed by atoms with E-state index >= 15 is 0 Å². The van der Waals surface area contributed by atoms with Crippen LogP contribution in [0.15, 0.2) is 51.7 Å². The Kier molecular flexibility index (Phi) is 5.27. The van der Waals surface area contributed by atoms with E-state index in [2.05, 4.69) is 10.3 Å². The van der Waals surface area contributed by atoms with Crippen LogP contribution in [0.3, 0.4) is 0 Å². The fourth-order valence-electron chi connectivity index (χ4n) is 3.65. The van der Waals surface area contributed by atoms with Gasteiger partial charge in [0.1, 0.15) is 17.2 Å². The maximum atomic E-state index is 12.4. The van der Waals surface area contributed by atoms with Gasteiger partial charge in [-0.3, -0.25) is 4.79 Å². The van der Waals surface area contributed by atoms with Crippen molar-refractivity contribution in [3.8, 4) is 5.75 Å². The molecule has 2 aromatic heterocycles. The van der Waals surface area contributed by atoms with E-state index in [1.54, 1.807) is 13.2 Å². The highest BCUT2D eigenvalue weighted by atomic mass is 16.5.